The lowest BCUT2D eigenvalue weighted by Gasteiger charge is -2.05. The lowest BCUT2D eigenvalue weighted by Crippen LogP contribution is -2.12. The Labute approximate surface area is 116 Å². The van der Waals surface area contributed by atoms with Gasteiger partial charge in [-0.25, -0.2) is 0 Å². The van der Waals surface area contributed by atoms with Crippen LogP contribution in [0.3, 0.4) is 0 Å². The quantitative estimate of drug-likeness (QED) is 0.686. The first kappa shape index (κ1) is 13.4. The summed E-state index contributed by atoms with van der Waals surface area (Å²) in [5.74, 6) is 1.13. The Bertz CT molecular complexity index is 605. The van der Waals surface area contributed by atoms with Gasteiger partial charge in [-0.05, 0) is 31.2 Å². The van der Waals surface area contributed by atoms with E-state index in [4.69, 9.17) is 16.0 Å². The molecule has 1 aromatic heterocycles. The van der Waals surface area contributed by atoms with E-state index < -0.39 is 0 Å². The number of furan rings is 1. The molecule has 0 atom stereocenters. The molecule has 2 rings (SSSR count). The summed E-state index contributed by atoms with van der Waals surface area (Å²) < 4.78 is 5.39. The molecule has 19 heavy (non-hydrogen) atoms. The van der Waals surface area contributed by atoms with Crippen LogP contribution in [0.1, 0.15) is 11.5 Å². The highest BCUT2D eigenvalue weighted by Crippen LogP contribution is 2.24. The van der Waals surface area contributed by atoms with Gasteiger partial charge in [0, 0.05) is 0 Å². The van der Waals surface area contributed by atoms with E-state index in [1.54, 1.807) is 18.3 Å². The highest BCUT2D eigenvalue weighted by Gasteiger charge is 2.04. The zero-order valence-electron chi connectivity index (χ0n) is 10.4. The number of benzene rings is 1. The number of aryl methyl sites for hydroxylation is 1. The zero-order valence-corrected chi connectivity index (χ0v) is 11.1. The molecule has 4 nitrogen and oxygen atoms in total. The Morgan fingerprint density at radius 3 is 2.84 bits per heavy atom. The second kappa shape index (κ2) is 6.20. The summed E-state index contributed by atoms with van der Waals surface area (Å²) in [6.45, 7) is 1.87. The van der Waals surface area contributed by atoms with E-state index in [2.05, 4.69) is 10.3 Å². The maximum absolute atomic E-state index is 11.3. The lowest BCUT2D eigenvalue weighted by atomic mass is 10.2. The molecule has 0 radical (unpaired) electrons. The maximum atomic E-state index is 11.3. The van der Waals surface area contributed by atoms with Crippen LogP contribution in [0, 0.1) is 6.92 Å². The van der Waals surface area contributed by atoms with Gasteiger partial charge in [-0.3, -0.25) is 9.79 Å². The van der Waals surface area contributed by atoms with Gasteiger partial charge in [0.05, 0.1) is 17.6 Å². The minimum Gasteiger partial charge on any atom is -0.460 e. The van der Waals surface area contributed by atoms with Gasteiger partial charge in [0.1, 0.15) is 17.4 Å². The molecular formula is C14H13ClN2O2. The molecule has 98 valence electrons. The van der Waals surface area contributed by atoms with Gasteiger partial charge in [-0.2, -0.15) is 0 Å². The van der Waals surface area contributed by atoms with Crippen molar-refractivity contribution in [3.8, 4) is 0 Å². The van der Waals surface area contributed by atoms with Crippen molar-refractivity contribution in [3.05, 3.63) is 47.9 Å². The average molecular weight is 277 g/mol. The largest absolute Gasteiger partial charge is 0.460 e. The minimum atomic E-state index is -0.266. The van der Waals surface area contributed by atoms with Crippen molar-refractivity contribution in [3.63, 3.8) is 0 Å². The van der Waals surface area contributed by atoms with Crippen LogP contribution in [-0.2, 0) is 4.79 Å². The summed E-state index contributed by atoms with van der Waals surface area (Å²) in [7, 11) is 0. The van der Waals surface area contributed by atoms with Gasteiger partial charge in [-0.1, -0.05) is 12.1 Å². The van der Waals surface area contributed by atoms with E-state index in [0.717, 1.165) is 5.76 Å². The van der Waals surface area contributed by atoms with Crippen LogP contribution in [0.5, 0.6) is 0 Å². The van der Waals surface area contributed by atoms with Gasteiger partial charge < -0.3 is 9.73 Å². The molecule has 0 aliphatic heterocycles. The number of rotatable bonds is 4. The monoisotopic (exact) mass is 276 g/mol. The summed E-state index contributed by atoms with van der Waals surface area (Å²) in [6, 6.07) is 10.9. The predicted octanol–water partition coefficient (Wildman–Crippen LogP) is 3.52. The fourth-order valence-corrected chi connectivity index (χ4v) is 1.60. The normalized spacial score (nSPS) is 10.8. The average Bonchev–Trinajstić information content (AvgIpc) is 2.83. The fraction of sp³-hybridized carbons (Fsp3) is 0.143. The topological polar surface area (TPSA) is 54.6 Å². The molecule has 2 aromatic rings. The molecule has 1 heterocycles. The van der Waals surface area contributed by atoms with E-state index in [1.807, 2.05) is 31.2 Å². The van der Waals surface area contributed by atoms with E-state index in [-0.39, 0.29) is 11.8 Å². The van der Waals surface area contributed by atoms with Gasteiger partial charge in [0.2, 0.25) is 5.91 Å². The first-order valence-electron chi connectivity index (χ1n) is 5.74. The molecule has 1 amide bonds. The number of halogens is 1. The summed E-state index contributed by atoms with van der Waals surface area (Å²) in [4.78, 5) is 15.6. The Hall–Kier alpha value is -2.07. The third-order valence-corrected chi connectivity index (χ3v) is 2.63. The Kier molecular flexibility index (Phi) is 4.36. The Morgan fingerprint density at radius 1 is 1.37 bits per heavy atom. The zero-order chi connectivity index (χ0) is 13.7. The number of para-hydroxylation sites is 2. The van der Waals surface area contributed by atoms with E-state index in [9.17, 15) is 4.79 Å². The van der Waals surface area contributed by atoms with Crippen molar-refractivity contribution in [2.24, 2.45) is 4.99 Å². The molecule has 0 aliphatic rings. The van der Waals surface area contributed by atoms with Crippen molar-refractivity contribution in [2.75, 3.05) is 11.2 Å². The number of anilines is 1. The SMILES string of the molecule is Cc1ccc(C=Nc2ccccc2NC(=O)CCl)o1. The Balaban J connectivity index is 2.20. The summed E-state index contributed by atoms with van der Waals surface area (Å²) in [5.41, 5.74) is 1.27. The molecule has 1 aromatic carbocycles. The molecule has 0 spiro atoms. The fourth-order valence-electron chi connectivity index (χ4n) is 1.53. The lowest BCUT2D eigenvalue weighted by molar-refractivity contribution is -0.113. The van der Waals surface area contributed by atoms with Crippen molar-refractivity contribution in [1.82, 2.24) is 0 Å². The molecule has 5 heteroatoms. The number of carbonyl (C=O) groups excluding carboxylic acids is 1. The number of hydrogen-bond donors (Lipinski definition) is 1. The first-order valence-corrected chi connectivity index (χ1v) is 6.28. The third-order valence-electron chi connectivity index (χ3n) is 2.39. The van der Waals surface area contributed by atoms with Crippen LogP contribution in [0.25, 0.3) is 0 Å². The molecule has 0 unspecified atom stereocenters. The molecule has 0 bridgehead atoms. The molecule has 0 aliphatic carbocycles. The van der Waals surface area contributed by atoms with Crippen LogP contribution < -0.4 is 5.32 Å². The minimum absolute atomic E-state index is 0.0879. The number of carbonyl (C=O) groups is 1. The van der Waals surface area contributed by atoms with Crippen molar-refractivity contribution in [2.45, 2.75) is 6.92 Å². The number of amides is 1. The van der Waals surface area contributed by atoms with E-state index in [0.29, 0.717) is 17.1 Å². The highest BCUT2D eigenvalue weighted by molar-refractivity contribution is 6.29. The van der Waals surface area contributed by atoms with Crippen LogP contribution in [0.2, 0.25) is 0 Å². The summed E-state index contributed by atoms with van der Waals surface area (Å²) in [5, 5.41) is 2.69. The van der Waals surface area contributed by atoms with Gasteiger partial charge in [0.15, 0.2) is 0 Å². The van der Waals surface area contributed by atoms with Gasteiger partial charge >= 0.3 is 0 Å². The van der Waals surface area contributed by atoms with Crippen LogP contribution in [-0.4, -0.2) is 18.0 Å². The second-order valence-corrected chi connectivity index (χ2v) is 4.17. The molecule has 0 fully saturated rings. The number of hydrogen-bond acceptors (Lipinski definition) is 3. The number of aliphatic imine (C=N–C) groups is 1. The smallest absolute Gasteiger partial charge is 0.239 e. The maximum Gasteiger partial charge on any atom is 0.239 e. The van der Waals surface area contributed by atoms with Gasteiger partial charge in [0.25, 0.3) is 0 Å². The molecule has 0 saturated heterocycles. The predicted molar refractivity (Wildman–Crippen MR) is 76.5 cm³/mol. The van der Waals surface area contributed by atoms with Crippen LogP contribution in [0.4, 0.5) is 11.4 Å². The van der Waals surface area contributed by atoms with Crippen LogP contribution in [0.15, 0.2) is 45.8 Å². The van der Waals surface area contributed by atoms with Crippen molar-refractivity contribution < 1.29 is 9.21 Å². The molecule has 1 N–H and O–H groups in total. The van der Waals surface area contributed by atoms with E-state index in [1.165, 1.54) is 0 Å². The van der Waals surface area contributed by atoms with E-state index >= 15 is 0 Å². The van der Waals surface area contributed by atoms with Crippen LogP contribution >= 0.6 is 11.6 Å². The summed E-state index contributed by atoms with van der Waals surface area (Å²) in [6.07, 6.45) is 1.61. The highest BCUT2D eigenvalue weighted by atomic mass is 35.5. The summed E-state index contributed by atoms with van der Waals surface area (Å²) >= 11 is 5.46. The molecular weight excluding hydrogens is 264 g/mol. The first-order chi connectivity index (χ1) is 9.19. The number of nitrogens with one attached hydrogen (secondary N) is 1. The second-order valence-electron chi connectivity index (χ2n) is 3.91. The third kappa shape index (κ3) is 3.69. The van der Waals surface area contributed by atoms with Gasteiger partial charge in [-0.15, -0.1) is 11.6 Å². The van der Waals surface area contributed by atoms with Crippen molar-refractivity contribution >= 4 is 35.1 Å². The standard InChI is InChI=1S/C14H13ClN2O2/c1-10-6-7-11(19-10)9-16-12-4-2-3-5-13(12)17-14(18)8-15/h2-7,9H,8H2,1H3,(H,17,18). The van der Waals surface area contributed by atoms with Crippen molar-refractivity contribution in [1.29, 1.82) is 0 Å². The number of nitrogens with zero attached hydrogens (tertiary/aromatic N) is 1. The molecule has 0 saturated carbocycles. The Morgan fingerprint density at radius 2 is 2.16 bits per heavy atom. The number of alkyl halides is 1.